The fourth-order valence-electron chi connectivity index (χ4n) is 2.36. The Kier molecular flexibility index (Phi) is 5.00. The van der Waals surface area contributed by atoms with Crippen molar-refractivity contribution < 1.29 is 0 Å². The maximum atomic E-state index is 3.51. The molecule has 0 unspecified atom stereocenters. The summed E-state index contributed by atoms with van der Waals surface area (Å²) < 4.78 is 2.33. The molecule has 104 valence electrons. The van der Waals surface area contributed by atoms with Crippen LogP contribution in [0.3, 0.4) is 0 Å². The highest BCUT2D eigenvalue weighted by molar-refractivity contribution is 5.80. The lowest BCUT2D eigenvalue weighted by molar-refractivity contribution is 0.393. The van der Waals surface area contributed by atoms with Crippen molar-refractivity contribution in [3.63, 3.8) is 0 Å². The van der Waals surface area contributed by atoms with Gasteiger partial charge in [-0.2, -0.15) is 0 Å². The molecule has 0 bridgehead atoms. The van der Waals surface area contributed by atoms with E-state index in [1.807, 2.05) is 0 Å². The average molecular weight is 259 g/mol. The van der Waals surface area contributed by atoms with Gasteiger partial charge in [0.1, 0.15) is 0 Å². The van der Waals surface area contributed by atoms with Crippen LogP contribution in [0.4, 0.5) is 0 Å². The molecule has 0 amide bonds. The molecule has 1 aromatic heterocycles. The summed E-state index contributed by atoms with van der Waals surface area (Å²) in [6.07, 6.45) is 3.39. The van der Waals surface area contributed by atoms with Crippen LogP contribution < -0.4 is 5.32 Å². The number of hydrogen-bond acceptors (Lipinski definition) is 2. The molecular weight excluding hydrogens is 234 g/mol. The Morgan fingerprint density at radius 2 is 2.00 bits per heavy atom. The van der Waals surface area contributed by atoms with E-state index in [2.05, 4.69) is 66.3 Å². The van der Waals surface area contributed by atoms with Crippen LogP contribution in [-0.4, -0.2) is 43.2 Å². The van der Waals surface area contributed by atoms with Crippen LogP contribution in [0.2, 0.25) is 0 Å². The Bertz CT molecular complexity index is 514. The predicted molar refractivity (Wildman–Crippen MR) is 82.7 cm³/mol. The zero-order chi connectivity index (χ0) is 13.7. The molecule has 2 aromatic rings. The van der Waals surface area contributed by atoms with Crippen molar-refractivity contribution in [2.45, 2.75) is 19.9 Å². The van der Waals surface area contributed by atoms with Crippen LogP contribution in [0, 0.1) is 6.92 Å². The van der Waals surface area contributed by atoms with E-state index in [1.54, 1.807) is 0 Å². The van der Waals surface area contributed by atoms with Crippen LogP contribution in [-0.2, 0) is 6.54 Å². The van der Waals surface area contributed by atoms with Crippen LogP contribution in [0.25, 0.3) is 10.9 Å². The average Bonchev–Trinajstić information content (AvgIpc) is 2.75. The summed E-state index contributed by atoms with van der Waals surface area (Å²) in [5.74, 6) is 0. The minimum Gasteiger partial charge on any atom is -0.346 e. The SMILES string of the molecule is Cc1ccc2c(ccn2CCNCCCN(C)C)c1. The zero-order valence-electron chi connectivity index (χ0n) is 12.3. The number of hydrogen-bond donors (Lipinski definition) is 1. The normalized spacial score (nSPS) is 11.6. The molecule has 0 fully saturated rings. The molecule has 0 aliphatic rings. The topological polar surface area (TPSA) is 20.2 Å². The Hall–Kier alpha value is -1.32. The van der Waals surface area contributed by atoms with Crippen LogP contribution in [0.15, 0.2) is 30.5 Å². The van der Waals surface area contributed by atoms with Gasteiger partial charge in [0, 0.05) is 24.8 Å². The summed E-state index contributed by atoms with van der Waals surface area (Å²) in [5.41, 5.74) is 2.66. The predicted octanol–water partition coefficient (Wildman–Crippen LogP) is 2.49. The van der Waals surface area contributed by atoms with Crippen molar-refractivity contribution in [3.05, 3.63) is 36.0 Å². The van der Waals surface area contributed by atoms with Crippen LogP contribution in [0.5, 0.6) is 0 Å². The molecule has 0 radical (unpaired) electrons. The molecule has 2 rings (SSSR count). The van der Waals surface area contributed by atoms with Crippen molar-refractivity contribution >= 4 is 10.9 Å². The molecule has 0 saturated heterocycles. The highest BCUT2D eigenvalue weighted by Gasteiger charge is 2.00. The molecule has 19 heavy (non-hydrogen) atoms. The summed E-state index contributed by atoms with van der Waals surface area (Å²) in [5, 5.41) is 4.85. The third-order valence-electron chi connectivity index (χ3n) is 3.41. The summed E-state index contributed by atoms with van der Waals surface area (Å²) in [6.45, 7) is 6.46. The van der Waals surface area contributed by atoms with E-state index in [-0.39, 0.29) is 0 Å². The third-order valence-corrected chi connectivity index (χ3v) is 3.41. The van der Waals surface area contributed by atoms with Gasteiger partial charge in [-0.25, -0.2) is 0 Å². The number of nitrogens with one attached hydrogen (secondary N) is 1. The minimum atomic E-state index is 1.03. The first-order valence-electron chi connectivity index (χ1n) is 7.08. The highest BCUT2D eigenvalue weighted by atomic mass is 15.1. The molecule has 0 aliphatic heterocycles. The summed E-state index contributed by atoms with van der Waals surface area (Å²) in [6, 6.07) is 8.85. The Morgan fingerprint density at radius 1 is 1.16 bits per heavy atom. The molecule has 1 heterocycles. The Labute approximate surface area is 116 Å². The standard InChI is InChI=1S/C16H25N3/c1-14-5-6-16-15(13-14)7-11-19(16)12-9-17-8-4-10-18(2)3/h5-7,11,13,17H,4,8-10,12H2,1-3H3. The fraction of sp³-hybridized carbons (Fsp3) is 0.500. The number of nitrogens with zero attached hydrogens (tertiary/aromatic N) is 2. The van der Waals surface area contributed by atoms with Gasteiger partial charge in [-0.15, -0.1) is 0 Å². The van der Waals surface area contributed by atoms with Crippen molar-refractivity contribution in [1.82, 2.24) is 14.8 Å². The summed E-state index contributed by atoms with van der Waals surface area (Å²) in [7, 11) is 4.24. The van der Waals surface area contributed by atoms with Gasteiger partial charge in [-0.05, 0) is 64.1 Å². The van der Waals surface area contributed by atoms with Gasteiger partial charge in [0.25, 0.3) is 0 Å². The molecule has 1 aromatic carbocycles. The smallest absolute Gasteiger partial charge is 0.0480 e. The number of fused-ring (bicyclic) bond motifs is 1. The number of aromatic nitrogens is 1. The molecule has 0 aliphatic carbocycles. The molecule has 0 atom stereocenters. The third kappa shape index (κ3) is 4.08. The van der Waals surface area contributed by atoms with Crippen molar-refractivity contribution in [2.75, 3.05) is 33.7 Å². The quantitative estimate of drug-likeness (QED) is 0.771. The number of benzene rings is 1. The van der Waals surface area contributed by atoms with Gasteiger partial charge in [0.15, 0.2) is 0 Å². The summed E-state index contributed by atoms with van der Waals surface area (Å²) in [4.78, 5) is 2.23. The molecule has 0 saturated carbocycles. The van der Waals surface area contributed by atoms with Gasteiger partial charge in [0.2, 0.25) is 0 Å². The van der Waals surface area contributed by atoms with E-state index in [0.29, 0.717) is 0 Å². The number of rotatable bonds is 7. The lowest BCUT2D eigenvalue weighted by atomic mass is 10.2. The van der Waals surface area contributed by atoms with Crippen molar-refractivity contribution in [1.29, 1.82) is 0 Å². The largest absolute Gasteiger partial charge is 0.346 e. The van der Waals surface area contributed by atoms with E-state index in [4.69, 9.17) is 0 Å². The lowest BCUT2D eigenvalue weighted by Gasteiger charge is -2.10. The van der Waals surface area contributed by atoms with Crippen LogP contribution >= 0.6 is 0 Å². The van der Waals surface area contributed by atoms with Gasteiger partial charge < -0.3 is 14.8 Å². The lowest BCUT2D eigenvalue weighted by Crippen LogP contribution is -2.24. The maximum Gasteiger partial charge on any atom is 0.0480 e. The Balaban J connectivity index is 1.79. The zero-order valence-corrected chi connectivity index (χ0v) is 12.3. The first kappa shape index (κ1) is 14.1. The van der Waals surface area contributed by atoms with E-state index in [9.17, 15) is 0 Å². The van der Waals surface area contributed by atoms with E-state index in [1.165, 1.54) is 22.9 Å². The van der Waals surface area contributed by atoms with Crippen molar-refractivity contribution in [2.24, 2.45) is 0 Å². The summed E-state index contributed by atoms with van der Waals surface area (Å²) >= 11 is 0. The first-order valence-corrected chi connectivity index (χ1v) is 7.08. The first-order chi connectivity index (χ1) is 9.16. The van der Waals surface area contributed by atoms with Crippen molar-refractivity contribution in [3.8, 4) is 0 Å². The van der Waals surface area contributed by atoms with Gasteiger partial charge in [0.05, 0.1) is 0 Å². The van der Waals surface area contributed by atoms with E-state index < -0.39 is 0 Å². The molecule has 3 nitrogen and oxygen atoms in total. The van der Waals surface area contributed by atoms with E-state index >= 15 is 0 Å². The van der Waals surface area contributed by atoms with Gasteiger partial charge in [-0.3, -0.25) is 0 Å². The Morgan fingerprint density at radius 3 is 2.79 bits per heavy atom. The van der Waals surface area contributed by atoms with E-state index in [0.717, 1.165) is 26.2 Å². The molecule has 3 heteroatoms. The highest BCUT2D eigenvalue weighted by Crippen LogP contribution is 2.16. The molecule has 1 N–H and O–H groups in total. The second-order valence-electron chi connectivity index (χ2n) is 5.48. The monoisotopic (exact) mass is 259 g/mol. The number of aryl methyl sites for hydroxylation is 1. The van der Waals surface area contributed by atoms with Gasteiger partial charge >= 0.3 is 0 Å². The minimum absolute atomic E-state index is 1.03. The molecule has 0 spiro atoms. The van der Waals surface area contributed by atoms with Crippen LogP contribution in [0.1, 0.15) is 12.0 Å². The fourth-order valence-corrected chi connectivity index (χ4v) is 2.36. The van der Waals surface area contributed by atoms with Gasteiger partial charge in [-0.1, -0.05) is 11.6 Å². The maximum absolute atomic E-state index is 3.51. The second kappa shape index (κ2) is 6.73. The molecular formula is C16H25N3. The second-order valence-corrected chi connectivity index (χ2v) is 5.48.